The highest BCUT2D eigenvalue weighted by atomic mass is 16.5. The number of aromatic nitrogens is 1. The van der Waals surface area contributed by atoms with E-state index in [-0.39, 0.29) is 11.9 Å². The van der Waals surface area contributed by atoms with Crippen LogP contribution in [0.3, 0.4) is 0 Å². The van der Waals surface area contributed by atoms with Crippen molar-refractivity contribution in [3.8, 4) is 0 Å². The third kappa shape index (κ3) is 1.61. The first kappa shape index (κ1) is 12.0. The lowest BCUT2D eigenvalue weighted by Gasteiger charge is -2.29. The summed E-state index contributed by atoms with van der Waals surface area (Å²) in [7, 11) is 1.48. The number of para-hydroxylation sites is 1. The molecule has 20 heavy (non-hydrogen) atoms. The summed E-state index contributed by atoms with van der Waals surface area (Å²) in [5, 5.41) is 1.34. The van der Waals surface area contributed by atoms with Crippen LogP contribution in [0.1, 0.15) is 23.7 Å². The van der Waals surface area contributed by atoms with Gasteiger partial charge in [0, 0.05) is 29.7 Å². The molecule has 2 aromatic rings. The molecule has 3 heterocycles. The van der Waals surface area contributed by atoms with Gasteiger partial charge in [-0.05, 0) is 24.5 Å². The van der Waals surface area contributed by atoms with E-state index in [0.29, 0.717) is 6.04 Å². The molecule has 4 heteroatoms. The van der Waals surface area contributed by atoms with Crippen LogP contribution in [0.5, 0.6) is 0 Å². The average molecular weight is 270 g/mol. The highest BCUT2D eigenvalue weighted by molar-refractivity contribution is 5.85. The second kappa shape index (κ2) is 4.35. The molecular formula is C16H18N2O2. The second-order valence-corrected chi connectivity index (χ2v) is 5.78. The predicted octanol–water partition coefficient (Wildman–Crippen LogP) is 2.26. The minimum atomic E-state index is -0.0722. The fraction of sp³-hybridized carbons (Fsp3) is 0.438. The SMILES string of the molecule is COC(=O)[C@@H]1C[C@H]2c3[nH]c4ccccc4c3CCN2C1. The zero-order chi connectivity index (χ0) is 13.7. The zero-order valence-corrected chi connectivity index (χ0v) is 11.6. The van der Waals surface area contributed by atoms with Gasteiger partial charge in [0.05, 0.1) is 19.1 Å². The topological polar surface area (TPSA) is 45.3 Å². The summed E-state index contributed by atoms with van der Waals surface area (Å²) in [5.74, 6) is -0.0561. The Morgan fingerprint density at radius 2 is 2.25 bits per heavy atom. The normalized spacial score (nSPS) is 25.4. The fourth-order valence-corrected chi connectivity index (χ4v) is 3.82. The summed E-state index contributed by atoms with van der Waals surface area (Å²) in [6, 6.07) is 8.82. The fourth-order valence-electron chi connectivity index (χ4n) is 3.82. The van der Waals surface area contributed by atoms with Crippen molar-refractivity contribution in [1.82, 2.24) is 9.88 Å². The predicted molar refractivity (Wildman–Crippen MR) is 76.4 cm³/mol. The summed E-state index contributed by atoms with van der Waals surface area (Å²) in [5.41, 5.74) is 3.96. The van der Waals surface area contributed by atoms with Crippen molar-refractivity contribution in [2.75, 3.05) is 20.2 Å². The summed E-state index contributed by atoms with van der Waals surface area (Å²) in [6.07, 6.45) is 1.93. The van der Waals surface area contributed by atoms with Gasteiger partial charge in [-0.2, -0.15) is 0 Å². The van der Waals surface area contributed by atoms with Crippen LogP contribution in [-0.4, -0.2) is 36.1 Å². The lowest BCUT2D eigenvalue weighted by Crippen LogP contribution is -2.31. The first-order chi connectivity index (χ1) is 9.78. The zero-order valence-electron chi connectivity index (χ0n) is 11.6. The number of carbonyl (C=O) groups excluding carboxylic acids is 1. The van der Waals surface area contributed by atoms with Crippen molar-refractivity contribution in [2.45, 2.75) is 18.9 Å². The standard InChI is InChI=1S/C16H18N2O2/c1-20-16(19)10-8-14-15-12(6-7-18(14)9-10)11-4-2-3-5-13(11)17-15/h2-5,10,14,17H,6-9H2,1H3/t10-,14+/m1/s1. The summed E-state index contributed by atoms with van der Waals surface area (Å²) < 4.78 is 4.91. The number of esters is 1. The van der Waals surface area contributed by atoms with E-state index in [4.69, 9.17) is 4.74 Å². The lowest BCUT2D eigenvalue weighted by molar-refractivity contribution is -0.144. The molecule has 4 rings (SSSR count). The van der Waals surface area contributed by atoms with Crippen LogP contribution in [0.2, 0.25) is 0 Å². The number of ether oxygens (including phenoxy) is 1. The van der Waals surface area contributed by atoms with Crippen molar-refractivity contribution >= 4 is 16.9 Å². The molecule has 0 spiro atoms. The van der Waals surface area contributed by atoms with E-state index >= 15 is 0 Å². The lowest BCUT2D eigenvalue weighted by atomic mass is 9.96. The van der Waals surface area contributed by atoms with Crippen LogP contribution in [0, 0.1) is 5.92 Å². The molecule has 0 aliphatic carbocycles. The molecule has 0 amide bonds. The second-order valence-electron chi connectivity index (χ2n) is 5.78. The Morgan fingerprint density at radius 1 is 1.40 bits per heavy atom. The maximum absolute atomic E-state index is 11.8. The van der Waals surface area contributed by atoms with Crippen LogP contribution in [0.25, 0.3) is 10.9 Å². The van der Waals surface area contributed by atoms with Gasteiger partial charge in [-0.3, -0.25) is 9.69 Å². The molecule has 4 nitrogen and oxygen atoms in total. The molecular weight excluding hydrogens is 252 g/mol. The molecule has 0 bridgehead atoms. The summed E-state index contributed by atoms with van der Waals surface area (Å²) >= 11 is 0. The largest absolute Gasteiger partial charge is 0.469 e. The minimum Gasteiger partial charge on any atom is -0.469 e. The smallest absolute Gasteiger partial charge is 0.310 e. The van der Waals surface area contributed by atoms with E-state index in [1.54, 1.807) is 0 Å². The third-order valence-electron chi connectivity index (χ3n) is 4.77. The van der Waals surface area contributed by atoms with Crippen molar-refractivity contribution in [1.29, 1.82) is 0 Å². The van der Waals surface area contributed by atoms with Gasteiger partial charge in [-0.25, -0.2) is 0 Å². The molecule has 0 unspecified atom stereocenters. The highest BCUT2D eigenvalue weighted by Crippen LogP contribution is 2.42. The van der Waals surface area contributed by atoms with Gasteiger partial charge in [0.2, 0.25) is 0 Å². The molecule has 104 valence electrons. The molecule has 2 atom stereocenters. The number of methoxy groups -OCH3 is 1. The van der Waals surface area contributed by atoms with Crippen molar-refractivity contribution in [3.63, 3.8) is 0 Å². The van der Waals surface area contributed by atoms with Gasteiger partial charge >= 0.3 is 5.97 Å². The van der Waals surface area contributed by atoms with Gasteiger partial charge in [-0.15, -0.1) is 0 Å². The molecule has 1 N–H and O–H groups in total. The Hall–Kier alpha value is -1.81. The van der Waals surface area contributed by atoms with Crippen LogP contribution in [-0.2, 0) is 16.0 Å². The molecule has 1 fully saturated rings. The number of fused-ring (bicyclic) bond motifs is 5. The molecule has 1 aromatic carbocycles. The molecule has 2 aliphatic heterocycles. The highest BCUT2D eigenvalue weighted by Gasteiger charge is 2.41. The van der Waals surface area contributed by atoms with E-state index < -0.39 is 0 Å². The van der Waals surface area contributed by atoms with Crippen molar-refractivity contribution < 1.29 is 9.53 Å². The van der Waals surface area contributed by atoms with Crippen LogP contribution in [0.15, 0.2) is 24.3 Å². The van der Waals surface area contributed by atoms with E-state index in [2.05, 4.69) is 34.1 Å². The Morgan fingerprint density at radius 3 is 3.10 bits per heavy atom. The quantitative estimate of drug-likeness (QED) is 0.808. The maximum atomic E-state index is 11.8. The van der Waals surface area contributed by atoms with Crippen LogP contribution >= 0.6 is 0 Å². The van der Waals surface area contributed by atoms with Gasteiger partial charge in [0.15, 0.2) is 0 Å². The minimum absolute atomic E-state index is 0.0161. The number of hydrogen-bond acceptors (Lipinski definition) is 3. The molecule has 2 aliphatic rings. The summed E-state index contributed by atoms with van der Waals surface area (Å²) in [6.45, 7) is 1.86. The Balaban J connectivity index is 1.74. The van der Waals surface area contributed by atoms with E-state index in [9.17, 15) is 4.79 Å². The number of nitrogens with one attached hydrogen (secondary N) is 1. The number of hydrogen-bond donors (Lipinski definition) is 1. The molecule has 0 saturated carbocycles. The van der Waals surface area contributed by atoms with E-state index in [0.717, 1.165) is 25.9 Å². The van der Waals surface area contributed by atoms with Crippen LogP contribution < -0.4 is 0 Å². The van der Waals surface area contributed by atoms with Gasteiger partial charge in [0.1, 0.15) is 0 Å². The number of nitrogens with zero attached hydrogens (tertiary/aromatic N) is 1. The average Bonchev–Trinajstić information content (AvgIpc) is 3.07. The summed E-state index contributed by atoms with van der Waals surface area (Å²) in [4.78, 5) is 17.8. The van der Waals surface area contributed by atoms with Gasteiger partial charge in [-0.1, -0.05) is 18.2 Å². The van der Waals surface area contributed by atoms with Crippen molar-refractivity contribution in [3.05, 3.63) is 35.5 Å². The maximum Gasteiger partial charge on any atom is 0.310 e. The molecule has 1 aromatic heterocycles. The van der Waals surface area contributed by atoms with Crippen molar-refractivity contribution in [2.24, 2.45) is 5.92 Å². The first-order valence-corrected chi connectivity index (χ1v) is 7.19. The number of rotatable bonds is 1. The Labute approximate surface area is 117 Å². The number of benzene rings is 1. The van der Waals surface area contributed by atoms with Crippen LogP contribution in [0.4, 0.5) is 0 Å². The number of aromatic amines is 1. The molecule has 1 saturated heterocycles. The first-order valence-electron chi connectivity index (χ1n) is 7.19. The van der Waals surface area contributed by atoms with E-state index in [1.165, 1.54) is 29.3 Å². The number of carbonyl (C=O) groups is 1. The Kier molecular flexibility index (Phi) is 2.60. The van der Waals surface area contributed by atoms with E-state index in [1.807, 2.05) is 0 Å². The van der Waals surface area contributed by atoms with Gasteiger partial charge in [0.25, 0.3) is 0 Å². The third-order valence-corrected chi connectivity index (χ3v) is 4.77. The monoisotopic (exact) mass is 270 g/mol. The number of H-pyrrole nitrogens is 1. The van der Waals surface area contributed by atoms with Gasteiger partial charge < -0.3 is 9.72 Å². The Bertz CT molecular complexity index is 676. The molecule has 0 radical (unpaired) electrons.